The van der Waals surface area contributed by atoms with Crippen molar-refractivity contribution in [1.29, 1.82) is 0 Å². The summed E-state index contributed by atoms with van der Waals surface area (Å²) < 4.78 is 1.55. The molecule has 4 aliphatic rings. The molecule has 2 aliphatic heterocycles. The van der Waals surface area contributed by atoms with Gasteiger partial charge in [0.2, 0.25) is 5.91 Å². The molecule has 2 fully saturated rings. The molecule has 2 aliphatic carbocycles. The molecule has 1 saturated carbocycles. The van der Waals surface area contributed by atoms with Crippen LogP contribution in [0.25, 0.3) is 10.2 Å². The van der Waals surface area contributed by atoms with Gasteiger partial charge in [0.25, 0.3) is 11.5 Å². The molecule has 10 nitrogen and oxygen atoms in total. The Morgan fingerprint density at radius 2 is 2.03 bits per heavy atom. The van der Waals surface area contributed by atoms with Gasteiger partial charge in [0.15, 0.2) is 0 Å². The average molecular weight is 540 g/mol. The molecule has 1 spiro atoms. The number of pyridine rings is 1. The standard InChI is InChI=1S/C25H26ClN7O3S/c26-15-8-16(24(36)33-19(15)21(34)31-25(33)5-1-2-6-25)30-20-18-14-4-3-12(23(35)32-9-13(27)10-32)7-17(14)37-22(18)29-11-28-20/h8,11-13H,1-7,9-10,27H2,(H,31,34)(H,28,29,30)/t12-/m0/s1. The van der Waals surface area contributed by atoms with Gasteiger partial charge in [0, 0.05) is 29.9 Å². The van der Waals surface area contributed by atoms with Gasteiger partial charge in [-0.2, -0.15) is 0 Å². The van der Waals surface area contributed by atoms with Gasteiger partial charge in [-0.3, -0.25) is 19.0 Å². The van der Waals surface area contributed by atoms with E-state index < -0.39 is 5.66 Å². The second kappa shape index (κ2) is 8.24. The van der Waals surface area contributed by atoms with Crippen molar-refractivity contribution in [1.82, 2.24) is 24.8 Å². The van der Waals surface area contributed by atoms with Crippen molar-refractivity contribution in [3.63, 3.8) is 0 Å². The highest BCUT2D eigenvalue weighted by Crippen LogP contribution is 2.42. The Hall–Kier alpha value is -3.02. The average Bonchev–Trinajstić information content (AvgIpc) is 3.55. The van der Waals surface area contributed by atoms with Crippen molar-refractivity contribution < 1.29 is 9.59 Å². The summed E-state index contributed by atoms with van der Waals surface area (Å²) in [7, 11) is 0. The normalized spacial score (nSPS) is 22.2. The molecule has 4 N–H and O–H groups in total. The molecule has 7 rings (SSSR count). The number of amides is 2. The van der Waals surface area contributed by atoms with E-state index in [1.807, 2.05) is 4.90 Å². The number of hydrogen-bond donors (Lipinski definition) is 3. The summed E-state index contributed by atoms with van der Waals surface area (Å²) in [6, 6.07) is 1.60. The molecule has 0 aromatic carbocycles. The van der Waals surface area contributed by atoms with Gasteiger partial charge >= 0.3 is 0 Å². The molecule has 1 saturated heterocycles. The van der Waals surface area contributed by atoms with E-state index in [4.69, 9.17) is 17.3 Å². The zero-order valence-electron chi connectivity index (χ0n) is 20.1. The van der Waals surface area contributed by atoms with Crippen molar-refractivity contribution in [2.75, 3.05) is 18.4 Å². The fourth-order valence-corrected chi connectivity index (χ4v) is 7.97. The summed E-state index contributed by atoms with van der Waals surface area (Å²) in [6.45, 7) is 1.27. The van der Waals surface area contributed by atoms with E-state index in [1.165, 1.54) is 12.4 Å². The zero-order chi connectivity index (χ0) is 25.5. The molecule has 37 heavy (non-hydrogen) atoms. The van der Waals surface area contributed by atoms with Crippen molar-refractivity contribution >= 4 is 56.5 Å². The first-order valence-electron chi connectivity index (χ1n) is 12.7. The largest absolute Gasteiger partial charge is 0.339 e. The summed E-state index contributed by atoms with van der Waals surface area (Å²) in [6.07, 6.45) is 6.90. The minimum Gasteiger partial charge on any atom is -0.339 e. The van der Waals surface area contributed by atoms with Crippen molar-refractivity contribution in [2.24, 2.45) is 11.7 Å². The van der Waals surface area contributed by atoms with E-state index in [9.17, 15) is 14.4 Å². The van der Waals surface area contributed by atoms with Crippen LogP contribution in [0.3, 0.4) is 0 Å². The first kappa shape index (κ1) is 23.1. The third-order valence-electron chi connectivity index (χ3n) is 8.24. The number of nitrogens with zero attached hydrogens (tertiary/aromatic N) is 4. The molecular weight excluding hydrogens is 514 g/mol. The summed E-state index contributed by atoms with van der Waals surface area (Å²) in [5, 5.41) is 7.35. The van der Waals surface area contributed by atoms with Gasteiger partial charge in [0.1, 0.15) is 34.0 Å². The molecule has 192 valence electrons. The number of hydrogen-bond acceptors (Lipinski definition) is 8. The smallest absolute Gasteiger partial charge is 0.276 e. The number of halogens is 1. The molecular formula is C25H26ClN7O3S. The van der Waals surface area contributed by atoms with Gasteiger partial charge in [-0.25, -0.2) is 9.97 Å². The van der Waals surface area contributed by atoms with E-state index in [2.05, 4.69) is 20.6 Å². The predicted molar refractivity (Wildman–Crippen MR) is 140 cm³/mol. The number of rotatable bonds is 3. The lowest BCUT2D eigenvalue weighted by molar-refractivity contribution is -0.140. The SMILES string of the molecule is NC1CN(C(=O)[C@H]2CCc3c(sc4ncnc(Nc5cc(Cl)c6n(c5=O)C5(CCCC5)NC6=O)c34)C2)C1. The number of thiophene rings is 1. The van der Waals surface area contributed by atoms with E-state index in [0.717, 1.165) is 46.3 Å². The van der Waals surface area contributed by atoms with Crippen LogP contribution in [0, 0.1) is 5.92 Å². The lowest BCUT2D eigenvalue weighted by Gasteiger charge is -2.39. The molecule has 5 heterocycles. The predicted octanol–water partition coefficient (Wildman–Crippen LogP) is 2.49. The lowest BCUT2D eigenvalue weighted by Crippen LogP contribution is -2.59. The second-order valence-electron chi connectivity index (χ2n) is 10.6. The summed E-state index contributed by atoms with van der Waals surface area (Å²) in [5.74, 6) is 0.355. The van der Waals surface area contributed by atoms with Crippen molar-refractivity contribution in [3.05, 3.63) is 43.9 Å². The molecule has 3 aromatic rings. The fourth-order valence-electron chi connectivity index (χ4n) is 6.42. The molecule has 1 atom stereocenters. The molecule has 3 aromatic heterocycles. The summed E-state index contributed by atoms with van der Waals surface area (Å²) in [4.78, 5) is 52.1. The Morgan fingerprint density at radius 1 is 1.24 bits per heavy atom. The number of carbonyl (C=O) groups excluding carboxylic acids is 2. The summed E-state index contributed by atoms with van der Waals surface area (Å²) >= 11 is 8.12. The molecule has 0 radical (unpaired) electrons. The van der Waals surface area contributed by atoms with Crippen LogP contribution in [0.5, 0.6) is 0 Å². The number of carbonyl (C=O) groups is 2. The Kier molecular flexibility index (Phi) is 5.15. The van der Waals surface area contributed by atoms with Crippen molar-refractivity contribution in [3.8, 4) is 0 Å². The number of fused-ring (bicyclic) bond motifs is 5. The molecule has 12 heteroatoms. The number of aryl methyl sites for hydroxylation is 1. The summed E-state index contributed by atoms with van der Waals surface area (Å²) in [5.41, 5.74) is 6.48. The maximum absolute atomic E-state index is 13.7. The quantitative estimate of drug-likeness (QED) is 0.465. The molecule has 0 bridgehead atoms. The monoisotopic (exact) mass is 539 g/mol. The first-order valence-corrected chi connectivity index (χ1v) is 13.9. The third-order valence-corrected chi connectivity index (χ3v) is 9.69. The Balaban J connectivity index is 1.25. The first-order chi connectivity index (χ1) is 17.8. The number of nitrogens with two attached hydrogens (primary N) is 1. The Morgan fingerprint density at radius 3 is 2.78 bits per heavy atom. The van der Waals surface area contributed by atoms with Gasteiger partial charge in [-0.05, 0) is 56.6 Å². The van der Waals surface area contributed by atoms with Crippen LogP contribution in [0.15, 0.2) is 17.2 Å². The second-order valence-corrected chi connectivity index (χ2v) is 12.1. The van der Waals surface area contributed by atoms with Crippen LogP contribution in [0.2, 0.25) is 5.02 Å². The molecule has 0 unspecified atom stereocenters. The van der Waals surface area contributed by atoms with Crippen LogP contribution in [0.4, 0.5) is 11.5 Å². The highest BCUT2D eigenvalue weighted by atomic mass is 35.5. The zero-order valence-corrected chi connectivity index (χ0v) is 21.6. The van der Waals surface area contributed by atoms with Crippen molar-refractivity contribution in [2.45, 2.75) is 56.7 Å². The fraction of sp³-hybridized carbons (Fsp3) is 0.480. The van der Waals surface area contributed by atoms with Crippen LogP contribution in [-0.4, -0.2) is 50.4 Å². The van der Waals surface area contributed by atoms with Gasteiger partial charge < -0.3 is 21.3 Å². The van der Waals surface area contributed by atoms with Crippen LogP contribution < -0.4 is 21.9 Å². The molecule has 2 amide bonds. The van der Waals surface area contributed by atoms with Crippen LogP contribution >= 0.6 is 22.9 Å². The van der Waals surface area contributed by atoms with Gasteiger partial charge in [-0.15, -0.1) is 11.3 Å². The minimum absolute atomic E-state index is 0.0507. The highest BCUT2D eigenvalue weighted by Gasteiger charge is 2.47. The van der Waals surface area contributed by atoms with E-state index in [0.29, 0.717) is 38.2 Å². The lowest BCUT2D eigenvalue weighted by atomic mass is 9.86. The minimum atomic E-state index is -0.713. The van der Waals surface area contributed by atoms with Gasteiger partial charge in [-0.1, -0.05) is 11.6 Å². The van der Waals surface area contributed by atoms with Crippen LogP contribution in [0.1, 0.15) is 53.0 Å². The number of nitrogens with one attached hydrogen (secondary N) is 2. The Labute approximate surface area is 221 Å². The Bertz CT molecular complexity index is 1540. The van der Waals surface area contributed by atoms with Crippen LogP contribution in [-0.2, 0) is 23.3 Å². The highest BCUT2D eigenvalue weighted by molar-refractivity contribution is 7.19. The van der Waals surface area contributed by atoms with E-state index >= 15 is 0 Å². The number of aromatic nitrogens is 3. The van der Waals surface area contributed by atoms with Gasteiger partial charge in [0.05, 0.1) is 10.4 Å². The van der Waals surface area contributed by atoms with E-state index in [-0.39, 0.29) is 45.7 Å². The maximum atomic E-state index is 13.7. The maximum Gasteiger partial charge on any atom is 0.276 e. The topological polar surface area (TPSA) is 135 Å². The third kappa shape index (κ3) is 3.44. The number of likely N-dealkylation sites (tertiary alicyclic amines) is 1. The van der Waals surface area contributed by atoms with E-state index in [1.54, 1.807) is 15.9 Å². The number of anilines is 2.